The number of unbranched alkanes of at least 4 members (excludes halogenated alkanes) is 1. The molecule has 85 heavy (non-hydrogen) atoms. The Bertz CT molecular complexity index is 2790. The number of nitrogens with zero attached hydrogens (tertiary/aromatic N) is 4. The lowest BCUT2D eigenvalue weighted by Gasteiger charge is -2.38. The monoisotopic (exact) mass is 1200 g/mol. The molecule has 2 aliphatic rings. The molecule has 3 aromatic carbocycles. The Hall–Kier alpha value is -7.05. The number of aliphatic carboxylic acids is 3. The largest absolute Gasteiger partial charge is 0.481 e. The summed E-state index contributed by atoms with van der Waals surface area (Å²) in [6.07, 6.45) is 3.55. The summed E-state index contributed by atoms with van der Waals surface area (Å²) in [4.78, 5) is 133. The van der Waals surface area contributed by atoms with E-state index in [4.69, 9.17) is 17.3 Å². The number of carboxylic acids is 3. The fourth-order valence-electron chi connectivity index (χ4n) is 11.2. The van der Waals surface area contributed by atoms with E-state index in [1.165, 1.54) is 0 Å². The molecule has 0 spiro atoms. The van der Waals surface area contributed by atoms with Gasteiger partial charge in [-0.2, -0.15) is 0 Å². The van der Waals surface area contributed by atoms with Crippen LogP contribution in [0.3, 0.4) is 0 Å². The van der Waals surface area contributed by atoms with Crippen LogP contribution in [-0.2, 0) is 56.0 Å². The summed E-state index contributed by atoms with van der Waals surface area (Å²) in [6, 6.07) is 17.7. The second kappa shape index (κ2) is 35.4. The average molecular weight is 1200 g/mol. The van der Waals surface area contributed by atoms with Gasteiger partial charge in [0.05, 0.1) is 26.2 Å². The van der Waals surface area contributed by atoms with Crippen LogP contribution in [0, 0.1) is 17.8 Å². The molecular weight excluding hydrogens is 1110 g/mol. The average Bonchev–Trinajstić information content (AvgIpc) is 3.58. The van der Waals surface area contributed by atoms with Gasteiger partial charge in [0.25, 0.3) is 0 Å². The number of carboxylic acid groups (broad SMARTS) is 3. The maximum Gasteiger partial charge on any atom is 0.326 e. The van der Waals surface area contributed by atoms with Gasteiger partial charge in [-0.1, -0.05) is 54.6 Å². The number of rotatable bonds is 31. The molecule has 22 nitrogen and oxygen atoms in total. The van der Waals surface area contributed by atoms with E-state index < -0.39 is 54.8 Å². The second-order valence-electron chi connectivity index (χ2n) is 23.0. The Kier molecular flexibility index (Phi) is 28.6. The number of ketones is 5. The number of fused-ring (bicyclic) bond motifs is 1. The van der Waals surface area contributed by atoms with Gasteiger partial charge in [0.15, 0.2) is 5.11 Å². The number of amides is 3. The van der Waals surface area contributed by atoms with Crippen molar-refractivity contribution >= 4 is 92.6 Å². The Balaban J connectivity index is 1.13. The van der Waals surface area contributed by atoms with E-state index in [-0.39, 0.29) is 105 Å². The van der Waals surface area contributed by atoms with Gasteiger partial charge in [0.1, 0.15) is 41.0 Å². The van der Waals surface area contributed by atoms with E-state index >= 15 is 0 Å². The lowest BCUT2D eigenvalue weighted by molar-refractivity contribution is -0.141. The fourth-order valence-corrected chi connectivity index (χ4v) is 11.4. The van der Waals surface area contributed by atoms with Crippen molar-refractivity contribution in [1.29, 1.82) is 0 Å². The van der Waals surface area contributed by atoms with Crippen molar-refractivity contribution < 1.29 is 63.3 Å². The predicted octanol–water partition coefficient (Wildman–Crippen LogP) is 4.60. The first kappa shape index (κ1) is 68.7. The van der Waals surface area contributed by atoms with Crippen molar-refractivity contribution in [3.05, 3.63) is 77.9 Å². The Morgan fingerprint density at radius 1 is 0.612 bits per heavy atom. The minimum Gasteiger partial charge on any atom is -0.481 e. The van der Waals surface area contributed by atoms with Crippen molar-refractivity contribution in [1.82, 2.24) is 40.9 Å². The summed E-state index contributed by atoms with van der Waals surface area (Å²) in [6.45, 7) is 11.9. The van der Waals surface area contributed by atoms with Gasteiger partial charge in [-0.15, -0.1) is 0 Å². The molecule has 0 aromatic heterocycles. The van der Waals surface area contributed by atoms with Crippen LogP contribution in [-0.4, -0.2) is 202 Å². The maximum absolute atomic E-state index is 14.0. The van der Waals surface area contributed by atoms with Gasteiger partial charge in [-0.05, 0) is 144 Å². The quantitative estimate of drug-likeness (QED) is 0.0323. The number of Topliss-reactive ketones (excluding diaryl/α,β-unsaturated/α-hetero) is 5. The zero-order valence-corrected chi connectivity index (χ0v) is 50.4. The number of thiocarbonyl (C=S) groups is 1. The van der Waals surface area contributed by atoms with Crippen LogP contribution in [0.2, 0.25) is 0 Å². The summed E-state index contributed by atoms with van der Waals surface area (Å²) in [5.74, 6) is -4.85. The minimum absolute atomic E-state index is 0.0155. The van der Waals surface area contributed by atoms with Crippen molar-refractivity contribution in [2.24, 2.45) is 17.8 Å². The second-order valence-corrected chi connectivity index (χ2v) is 23.5. The highest BCUT2D eigenvalue weighted by atomic mass is 32.1. The third-order valence-electron chi connectivity index (χ3n) is 15.6. The van der Waals surface area contributed by atoms with Gasteiger partial charge in [0.2, 0.25) is 5.91 Å². The van der Waals surface area contributed by atoms with Gasteiger partial charge in [0, 0.05) is 95.3 Å². The van der Waals surface area contributed by atoms with Crippen LogP contribution in [0.4, 0.5) is 10.5 Å². The third-order valence-corrected chi connectivity index (χ3v) is 15.9. The molecule has 0 radical (unpaired) electrons. The molecule has 1 unspecified atom stereocenters. The van der Waals surface area contributed by atoms with Gasteiger partial charge in [-0.25, -0.2) is 14.4 Å². The molecule has 3 aromatic rings. The number of anilines is 1. The van der Waals surface area contributed by atoms with E-state index in [2.05, 4.69) is 46.2 Å². The summed E-state index contributed by atoms with van der Waals surface area (Å²) in [5, 5.41) is 44.5. The number of benzene rings is 3. The molecule has 5 rings (SSSR count). The van der Waals surface area contributed by atoms with Gasteiger partial charge < -0.3 is 41.9 Å². The lowest BCUT2D eigenvalue weighted by Crippen LogP contribution is -2.53. The van der Waals surface area contributed by atoms with Crippen LogP contribution < -0.4 is 26.6 Å². The van der Waals surface area contributed by atoms with Crippen LogP contribution in [0.5, 0.6) is 0 Å². The molecule has 1 saturated heterocycles. The SMILES string of the molecule is CC(=O)CN1CCN(CC(C)=O)CCN(CC(C)=O)C(Cc2ccc(NC(=S)NCC3CCC(C(=O)C[C@@H](Cc4ccc5ccccc5c4)C(=O)NCCCC[C@H](NC(=O)N[C@@H](CCC(=O)O)C(=O)O)C(=O)O)CC3)cc2)CN(CC(C)=O)CC1. The molecule has 8 N–H and O–H groups in total. The summed E-state index contributed by atoms with van der Waals surface area (Å²) in [7, 11) is 0. The van der Waals surface area contributed by atoms with E-state index in [0.29, 0.717) is 89.6 Å². The molecule has 2 fully saturated rings. The molecule has 464 valence electrons. The van der Waals surface area contributed by atoms with E-state index in [9.17, 15) is 58.2 Å². The third kappa shape index (κ3) is 25.6. The lowest BCUT2D eigenvalue weighted by atomic mass is 9.77. The van der Waals surface area contributed by atoms with Crippen molar-refractivity contribution in [3.8, 4) is 0 Å². The van der Waals surface area contributed by atoms with E-state index in [0.717, 1.165) is 40.4 Å². The summed E-state index contributed by atoms with van der Waals surface area (Å²) in [5.41, 5.74) is 2.72. The van der Waals surface area contributed by atoms with Gasteiger partial charge in [-0.3, -0.25) is 53.2 Å². The molecular formula is C62H87N9O13S. The zero-order chi connectivity index (χ0) is 62.0. The van der Waals surface area contributed by atoms with E-state index in [1.807, 2.05) is 66.7 Å². The first-order valence-corrected chi connectivity index (χ1v) is 30.0. The summed E-state index contributed by atoms with van der Waals surface area (Å²) >= 11 is 5.74. The number of carbonyl (C=O) groups is 10. The van der Waals surface area contributed by atoms with E-state index in [1.54, 1.807) is 27.7 Å². The van der Waals surface area contributed by atoms with Crippen LogP contribution in [0.15, 0.2) is 66.7 Å². The molecule has 1 saturated carbocycles. The normalized spacial score (nSPS) is 18.7. The molecule has 4 atom stereocenters. The first-order valence-electron chi connectivity index (χ1n) is 29.5. The topological polar surface area (TPSA) is 304 Å². The summed E-state index contributed by atoms with van der Waals surface area (Å²) < 4.78 is 0. The number of carbonyl (C=O) groups excluding carboxylic acids is 7. The van der Waals surface area contributed by atoms with Crippen molar-refractivity contribution in [2.45, 2.75) is 123 Å². The highest BCUT2D eigenvalue weighted by Crippen LogP contribution is 2.31. The minimum atomic E-state index is -1.53. The Labute approximate surface area is 503 Å². The standard InChI is InChI=1S/C62H87N9O13S/c1-41(72)36-68-25-26-69(37-42(2)73)29-30-71(39-44(4)75)53(40-70(28-27-68)38-43(3)74)33-45-15-20-52(21-16-45)65-62(85)64-35-46-12-18-49(19-13-46)56(76)34-51(32-47-14-17-48-9-5-6-10-50(48)31-47)58(79)63-24-8-7-11-54(59(80)81)66-61(84)67-55(60(82)83)22-23-57(77)78/h5-6,9-10,14-17,20-21,31,46,49,51,53-55H,7-8,11-13,18-19,22-30,32-40H2,1-4H3,(H,63,79)(H,77,78)(H,80,81)(H,82,83)(H2,64,65,85)(H2,66,67,84)/t46?,49?,51-,53?,54+,55+/m1/s1. The molecule has 3 amide bonds. The molecule has 23 heteroatoms. The molecule has 1 aliphatic heterocycles. The van der Waals surface area contributed by atoms with Crippen LogP contribution in [0.1, 0.15) is 103 Å². The first-order chi connectivity index (χ1) is 40.5. The van der Waals surface area contributed by atoms with Crippen molar-refractivity contribution in [3.63, 3.8) is 0 Å². The Morgan fingerprint density at radius 3 is 1.75 bits per heavy atom. The van der Waals surface area contributed by atoms with Crippen molar-refractivity contribution in [2.75, 3.05) is 90.4 Å². The highest BCUT2D eigenvalue weighted by molar-refractivity contribution is 7.80. The number of nitrogens with one attached hydrogen (secondary N) is 5. The molecule has 1 aliphatic carbocycles. The van der Waals surface area contributed by atoms with Crippen LogP contribution >= 0.6 is 12.2 Å². The van der Waals surface area contributed by atoms with Gasteiger partial charge >= 0.3 is 23.9 Å². The number of urea groups is 1. The predicted molar refractivity (Wildman–Crippen MR) is 326 cm³/mol. The smallest absolute Gasteiger partial charge is 0.326 e. The van der Waals surface area contributed by atoms with Crippen LogP contribution in [0.25, 0.3) is 10.8 Å². The molecule has 0 bridgehead atoms. The highest BCUT2D eigenvalue weighted by Gasteiger charge is 2.32. The molecule has 1 heterocycles. The number of hydrogen-bond donors (Lipinski definition) is 8. The zero-order valence-electron chi connectivity index (χ0n) is 49.6. The Morgan fingerprint density at radius 2 is 1.16 bits per heavy atom. The number of hydrogen-bond acceptors (Lipinski definition) is 15. The fraction of sp³-hybridized carbons (Fsp3) is 0.565. The maximum atomic E-state index is 14.0.